The second-order valence-electron chi connectivity index (χ2n) is 8.92. The van der Waals surface area contributed by atoms with Gasteiger partial charge >= 0.3 is 0 Å². The van der Waals surface area contributed by atoms with Crippen LogP contribution in [-0.4, -0.2) is 43.6 Å². The Morgan fingerprint density at radius 3 is 2.85 bits per heavy atom. The van der Waals surface area contributed by atoms with Crippen molar-refractivity contribution in [1.82, 2.24) is 25.1 Å². The molecule has 33 heavy (non-hydrogen) atoms. The summed E-state index contributed by atoms with van der Waals surface area (Å²) in [6, 6.07) is 4.62. The molecule has 4 N–H and O–H groups in total. The van der Waals surface area contributed by atoms with E-state index in [1.807, 2.05) is 11.0 Å². The van der Waals surface area contributed by atoms with Crippen molar-refractivity contribution in [1.29, 1.82) is 0 Å². The lowest BCUT2D eigenvalue weighted by Crippen LogP contribution is -2.40. The van der Waals surface area contributed by atoms with Gasteiger partial charge in [0.25, 0.3) is 0 Å². The van der Waals surface area contributed by atoms with Gasteiger partial charge in [-0.25, -0.2) is 4.98 Å². The zero-order chi connectivity index (χ0) is 22.9. The molecule has 0 radical (unpaired) electrons. The molecule has 5 rings (SSSR count). The van der Waals surface area contributed by atoms with Crippen molar-refractivity contribution in [3.63, 3.8) is 0 Å². The summed E-state index contributed by atoms with van der Waals surface area (Å²) >= 11 is 0. The van der Waals surface area contributed by atoms with Gasteiger partial charge in [0.15, 0.2) is 5.82 Å². The lowest BCUT2D eigenvalue weighted by molar-refractivity contribution is -0.117. The lowest BCUT2D eigenvalue weighted by Gasteiger charge is -2.25. The Balaban J connectivity index is 1.40. The Bertz CT molecular complexity index is 1210. The molecule has 2 aliphatic rings. The van der Waals surface area contributed by atoms with Crippen LogP contribution < -0.4 is 21.1 Å². The summed E-state index contributed by atoms with van der Waals surface area (Å²) in [5.41, 5.74) is 3.57. The zero-order valence-corrected chi connectivity index (χ0v) is 18.8. The highest BCUT2D eigenvalue weighted by Gasteiger charge is 2.34. The third-order valence-electron chi connectivity index (χ3n) is 6.25. The number of amides is 1. The summed E-state index contributed by atoms with van der Waals surface area (Å²) in [6.07, 6.45) is 5.97. The van der Waals surface area contributed by atoms with E-state index in [0.29, 0.717) is 24.1 Å². The number of anilines is 4. The van der Waals surface area contributed by atoms with Crippen LogP contribution >= 0.6 is 0 Å². The van der Waals surface area contributed by atoms with Gasteiger partial charge in [-0.2, -0.15) is 10.1 Å². The average Bonchev–Trinajstić information content (AvgIpc) is 3.55. The summed E-state index contributed by atoms with van der Waals surface area (Å²) in [4.78, 5) is 38.6. The molecule has 0 aromatic carbocycles. The first-order valence-corrected chi connectivity index (χ1v) is 11.5. The number of aryl methyl sites for hydroxylation is 1. The molecule has 3 aromatic rings. The predicted molar refractivity (Wildman–Crippen MR) is 126 cm³/mol. The highest BCUT2D eigenvalue weighted by atomic mass is 16.2. The first-order valence-electron chi connectivity index (χ1n) is 11.5. The summed E-state index contributed by atoms with van der Waals surface area (Å²) in [5.74, 6) is 2.28. The molecule has 3 aromatic heterocycles. The molecule has 0 saturated carbocycles. The van der Waals surface area contributed by atoms with Crippen molar-refractivity contribution < 1.29 is 4.79 Å². The van der Waals surface area contributed by atoms with Gasteiger partial charge in [-0.15, -0.1) is 0 Å². The van der Waals surface area contributed by atoms with E-state index >= 15 is 0 Å². The second kappa shape index (κ2) is 8.68. The molecule has 1 atom stereocenters. The van der Waals surface area contributed by atoms with Crippen molar-refractivity contribution in [2.24, 2.45) is 0 Å². The van der Waals surface area contributed by atoms with Gasteiger partial charge in [0.05, 0.1) is 11.4 Å². The Kier molecular flexibility index (Phi) is 5.57. The number of nitrogens with zero attached hydrogens (tertiary/aromatic N) is 4. The first kappa shape index (κ1) is 21.2. The quantitative estimate of drug-likeness (QED) is 0.456. The van der Waals surface area contributed by atoms with E-state index in [9.17, 15) is 9.59 Å². The van der Waals surface area contributed by atoms with E-state index in [1.54, 1.807) is 6.07 Å². The second-order valence-corrected chi connectivity index (χ2v) is 8.92. The van der Waals surface area contributed by atoms with Crippen LogP contribution in [0.4, 0.5) is 23.3 Å². The van der Waals surface area contributed by atoms with Crippen LogP contribution in [0.2, 0.25) is 0 Å². The van der Waals surface area contributed by atoms with Crippen LogP contribution in [0.1, 0.15) is 56.0 Å². The predicted octanol–water partition coefficient (Wildman–Crippen LogP) is 2.85. The number of carbonyl (C=O) groups excluding carboxylic acids is 1. The normalized spacial score (nSPS) is 17.4. The molecule has 1 fully saturated rings. The Hall–Kier alpha value is -3.69. The molecule has 1 saturated heterocycles. The molecule has 0 spiro atoms. The number of aromatic amines is 2. The van der Waals surface area contributed by atoms with Crippen LogP contribution in [0.25, 0.3) is 0 Å². The molecule has 4 heterocycles. The number of hydrogen-bond donors (Lipinski definition) is 4. The molecule has 172 valence electrons. The van der Waals surface area contributed by atoms with E-state index < -0.39 is 0 Å². The van der Waals surface area contributed by atoms with E-state index in [-0.39, 0.29) is 17.5 Å². The molecule has 1 aliphatic carbocycles. The van der Waals surface area contributed by atoms with E-state index in [4.69, 9.17) is 9.97 Å². The van der Waals surface area contributed by atoms with Gasteiger partial charge in [0.2, 0.25) is 17.4 Å². The Labute approximate surface area is 191 Å². The van der Waals surface area contributed by atoms with E-state index in [0.717, 1.165) is 60.7 Å². The maximum absolute atomic E-state index is 13.0. The molecule has 0 bridgehead atoms. The molecule has 1 amide bonds. The maximum Gasteiger partial charge on any atom is 0.248 e. The Morgan fingerprint density at radius 1 is 1.21 bits per heavy atom. The summed E-state index contributed by atoms with van der Waals surface area (Å²) in [7, 11) is 0. The van der Waals surface area contributed by atoms with Crippen molar-refractivity contribution in [3.8, 4) is 0 Å². The van der Waals surface area contributed by atoms with Gasteiger partial charge in [0, 0.05) is 36.1 Å². The van der Waals surface area contributed by atoms with Gasteiger partial charge in [-0.3, -0.25) is 14.7 Å². The topological polar surface area (TPSA) is 132 Å². The van der Waals surface area contributed by atoms with Crippen LogP contribution in [0, 0.1) is 0 Å². The van der Waals surface area contributed by atoms with Gasteiger partial charge < -0.3 is 20.5 Å². The minimum absolute atomic E-state index is 0.132. The fourth-order valence-corrected chi connectivity index (χ4v) is 4.46. The van der Waals surface area contributed by atoms with Crippen molar-refractivity contribution in [2.75, 3.05) is 22.1 Å². The fraction of sp³-hybridized carbons (Fsp3) is 0.435. The standard InChI is InChI=1S/C23H28N8O2/c1-13(2)17-11-19(30-29-17)27-21-15-5-3-6-16(15)26-23(28-21)31-10-4-7-18(31)22(33)25-14-8-9-20(32)24-12-14/h8-9,11-13,18H,3-7,10H2,1-2H3,(H,24,32)(H,25,33)(H2,26,27,28,29,30). The van der Waals surface area contributed by atoms with E-state index in [1.165, 1.54) is 12.3 Å². The molecule has 1 unspecified atom stereocenters. The highest BCUT2D eigenvalue weighted by molar-refractivity contribution is 5.96. The summed E-state index contributed by atoms with van der Waals surface area (Å²) in [6.45, 7) is 4.94. The average molecular weight is 449 g/mol. The SMILES string of the molecule is CC(C)c1cc(Nc2nc(N3CCCC3C(=O)Nc3ccc(=O)[nH]c3)nc3c2CCC3)n[nH]1. The number of hydrogen-bond acceptors (Lipinski definition) is 7. The van der Waals surface area contributed by atoms with Gasteiger partial charge in [0.1, 0.15) is 11.9 Å². The largest absolute Gasteiger partial charge is 0.329 e. The molecule has 10 nitrogen and oxygen atoms in total. The monoisotopic (exact) mass is 448 g/mol. The number of H-pyrrole nitrogens is 2. The number of fused-ring (bicyclic) bond motifs is 1. The number of aromatic nitrogens is 5. The minimum atomic E-state index is -0.373. The molecular weight excluding hydrogens is 420 g/mol. The van der Waals surface area contributed by atoms with Gasteiger partial charge in [-0.05, 0) is 44.1 Å². The first-order chi connectivity index (χ1) is 16.0. The van der Waals surface area contributed by atoms with Crippen molar-refractivity contribution in [2.45, 2.75) is 57.9 Å². The molecule has 1 aliphatic heterocycles. The maximum atomic E-state index is 13.0. The third-order valence-corrected chi connectivity index (χ3v) is 6.25. The number of nitrogens with one attached hydrogen (secondary N) is 4. The van der Waals surface area contributed by atoms with Crippen LogP contribution in [-0.2, 0) is 17.6 Å². The lowest BCUT2D eigenvalue weighted by atomic mass is 10.1. The number of pyridine rings is 1. The van der Waals surface area contributed by atoms with Crippen LogP contribution in [0.3, 0.4) is 0 Å². The zero-order valence-electron chi connectivity index (χ0n) is 18.8. The van der Waals surface area contributed by atoms with E-state index in [2.05, 4.69) is 39.7 Å². The fourth-order valence-electron chi connectivity index (χ4n) is 4.46. The Morgan fingerprint density at radius 2 is 2.09 bits per heavy atom. The van der Waals surface area contributed by atoms with Crippen LogP contribution in [0.15, 0.2) is 29.2 Å². The van der Waals surface area contributed by atoms with Gasteiger partial charge in [-0.1, -0.05) is 13.8 Å². The summed E-state index contributed by atoms with van der Waals surface area (Å²) < 4.78 is 0. The van der Waals surface area contributed by atoms with Crippen molar-refractivity contribution in [3.05, 3.63) is 51.7 Å². The third kappa shape index (κ3) is 4.33. The number of carbonyl (C=O) groups is 1. The van der Waals surface area contributed by atoms with Crippen LogP contribution in [0.5, 0.6) is 0 Å². The highest BCUT2D eigenvalue weighted by Crippen LogP contribution is 2.33. The van der Waals surface area contributed by atoms with Crippen molar-refractivity contribution >= 4 is 29.2 Å². The summed E-state index contributed by atoms with van der Waals surface area (Å²) in [5, 5.41) is 13.7. The number of rotatable bonds is 6. The molecule has 10 heteroatoms. The minimum Gasteiger partial charge on any atom is -0.329 e. The molecular formula is C23H28N8O2. The smallest absolute Gasteiger partial charge is 0.248 e.